The maximum atomic E-state index is 11.7. The topological polar surface area (TPSA) is 32.3 Å². The molecular weight excluding hydrogens is 212 g/mol. The Kier molecular flexibility index (Phi) is 5.16. The molecule has 1 aromatic carbocycles. The molecule has 1 N–H and O–H groups in total. The van der Waals surface area contributed by atoms with Crippen molar-refractivity contribution in [3.8, 4) is 0 Å². The zero-order valence-corrected chi connectivity index (χ0v) is 11.2. The molecule has 0 aliphatic carbocycles. The van der Waals surface area contributed by atoms with Crippen LogP contribution in [0.5, 0.6) is 0 Å². The molecule has 17 heavy (non-hydrogen) atoms. The van der Waals surface area contributed by atoms with Gasteiger partial charge in [0.2, 0.25) is 0 Å². The minimum absolute atomic E-state index is 0.0579. The van der Waals surface area contributed by atoms with Crippen LogP contribution in [0.1, 0.15) is 24.2 Å². The smallest absolute Gasteiger partial charge is 0.165 e. The third-order valence-corrected chi connectivity index (χ3v) is 2.58. The van der Waals surface area contributed by atoms with Gasteiger partial charge in [-0.2, -0.15) is 0 Å². The van der Waals surface area contributed by atoms with Crippen molar-refractivity contribution in [3.63, 3.8) is 0 Å². The van der Waals surface area contributed by atoms with Gasteiger partial charge < -0.3 is 10.2 Å². The minimum Gasteiger partial charge on any atom is -0.384 e. The first-order valence-electron chi connectivity index (χ1n) is 6.03. The second kappa shape index (κ2) is 6.40. The molecule has 94 valence electrons. The van der Waals surface area contributed by atoms with Gasteiger partial charge in [-0.1, -0.05) is 13.8 Å². The fourth-order valence-electron chi connectivity index (χ4n) is 1.51. The summed E-state index contributed by atoms with van der Waals surface area (Å²) in [6.07, 6.45) is 0. The van der Waals surface area contributed by atoms with E-state index < -0.39 is 0 Å². The number of anilines is 1. The summed E-state index contributed by atoms with van der Waals surface area (Å²) >= 11 is 0. The van der Waals surface area contributed by atoms with E-state index in [-0.39, 0.29) is 11.7 Å². The Bertz CT molecular complexity index is 355. The minimum atomic E-state index is 0.0579. The van der Waals surface area contributed by atoms with Gasteiger partial charge in [-0.3, -0.25) is 4.79 Å². The molecule has 0 fully saturated rings. The summed E-state index contributed by atoms with van der Waals surface area (Å²) in [5.41, 5.74) is 1.85. The van der Waals surface area contributed by atoms with E-state index in [9.17, 15) is 4.79 Å². The van der Waals surface area contributed by atoms with Crippen molar-refractivity contribution in [2.24, 2.45) is 5.92 Å². The maximum Gasteiger partial charge on any atom is 0.165 e. The molecule has 0 radical (unpaired) electrons. The molecule has 3 heteroatoms. The van der Waals surface area contributed by atoms with Crippen LogP contribution < -0.4 is 5.32 Å². The molecule has 0 spiro atoms. The van der Waals surface area contributed by atoms with Crippen molar-refractivity contribution in [1.82, 2.24) is 4.90 Å². The number of rotatable bonds is 6. The van der Waals surface area contributed by atoms with E-state index in [0.29, 0.717) is 0 Å². The third kappa shape index (κ3) is 4.57. The maximum absolute atomic E-state index is 11.7. The van der Waals surface area contributed by atoms with Crippen molar-refractivity contribution in [2.75, 3.05) is 32.5 Å². The molecule has 0 heterocycles. The first-order valence-corrected chi connectivity index (χ1v) is 6.03. The molecule has 3 nitrogen and oxygen atoms in total. The fraction of sp³-hybridized carbons (Fsp3) is 0.500. The van der Waals surface area contributed by atoms with Crippen LogP contribution in [-0.4, -0.2) is 37.9 Å². The largest absolute Gasteiger partial charge is 0.384 e. The zero-order chi connectivity index (χ0) is 12.8. The Morgan fingerprint density at radius 2 is 1.82 bits per heavy atom. The number of likely N-dealkylation sites (N-methyl/N-ethyl adjacent to an activating group) is 1. The van der Waals surface area contributed by atoms with Crippen LogP contribution in [0.4, 0.5) is 5.69 Å². The van der Waals surface area contributed by atoms with Gasteiger partial charge in [0, 0.05) is 30.3 Å². The van der Waals surface area contributed by atoms with Crippen molar-refractivity contribution < 1.29 is 4.79 Å². The van der Waals surface area contributed by atoms with Crippen molar-refractivity contribution in [1.29, 1.82) is 0 Å². The van der Waals surface area contributed by atoms with E-state index in [1.54, 1.807) is 0 Å². The van der Waals surface area contributed by atoms with Crippen molar-refractivity contribution >= 4 is 11.5 Å². The molecule has 0 saturated carbocycles. The number of hydrogen-bond acceptors (Lipinski definition) is 3. The van der Waals surface area contributed by atoms with E-state index in [1.807, 2.05) is 52.2 Å². The molecule has 0 bridgehead atoms. The molecule has 0 atom stereocenters. The summed E-state index contributed by atoms with van der Waals surface area (Å²) in [6.45, 7) is 5.74. The highest BCUT2D eigenvalue weighted by atomic mass is 16.1. The highest BCUT2D eigenvalue weighted by Crippen LogP contribution is 2.12. The Balaban J connectivity index is 2.53. The monoisotopic (exact) mass is 234 g/mol. The van der Waals surface area contributed by atoms with Gasteiger partial charge in [-0.15, -0.1) is 0 Å². The number of nitrogens with one attached hydrogen (secondary N) is 1. The normalized spacial score (nSPS) is 10.9. The molecule has 1 rings (SSSR count). The van der Waals surface area contributed by atoms with Crippen LogP contribution in [0.3, 0.4) is 0 Å². The number of nitrogens with zero attached hydrogens (tertiary/aromatic N) is 1. The van der Waals surface area contributed by atoms with E-state index >= 15 is 0 Å². The summed E-state index contributed by atoms with van der Waals surface area (Å²) in [4.78, 5) is 13.9. The Labute approximate surface area is 104 Å². The van der Waals surface area contributed by atoms with Gasteiger partial charge in [0.15, 0.2) is 5.78 Å². The standard InChI is InChI=1S/C14H22N2O/c1-11(2)14(17)12-5-7-13(8-6-12)15-9-10-16(3)4/h5-8,11,15H,9-10H2,1-4H3. The average molecular weight is 234 g/mol. The van der Waals surface area contributed by atoms with Crippen molar-refractivity contribution in [2.45, 2.75) is 13.8 Å². The number of carbonyl (C=O) groups is 1. The number of hydrogen-bond donors (Lipinski definition) is 1. The SMILES string of the molecule is CC(C)C(=O)c1ccc(NCCN(C)C)cc1. The molecule has 0 amide bonds. The number of Topliss-reactive ketones (excluding diaryl/α,β-unsaturated/α-hetero) is 1. The van der Waals surface area contributed by atoms with Crippen LogP contribution >= 0.6 is 0 Å². The molecule has 0 unspecified atom stereocenters. The first-order chi connectivity index (χ1) is 8.00. The third-order valence-electron chi connectivity index (χ3n) is 2.58. The molecular formula is C14H22N2O. The quantitative estimate of drug-likeness (QED) is 0.768. The molecule has 0 aliphatic heterocycles. The highest BCUT2D eigenvalue weighted by molar-refractivity contribution is 5.97. The lowest BCUT2D eigenvalue weighted by Gasteiger charge is -2.11. The molecule has 0 aromatic heterocycles. The summed E-state index contributed by atoms with van der Waals surface area (Å²) in [7, 11) is 4.10. The van der Waals surface area contributed by atoms with E-state index in [4.69, 9.17) is 0 Å². The number of ketones is 1. The van der Waals surface area contributed by atoms with Gasteiger partial charge in [0.25, 0.3) is 0 Å². The van der Waals surface area contributed by atoms with Crippen LogP contribution in [0.2, 0.25) is 0 Å². The summed E-state index contributed by atoms with van der Waals surface area (Å²) in [5.74, 6) is 0.257. The summed E-state index contributed by atoms with van der Waals surface area (Å²) < 4.78 is 0. The second-order valence-electron chi connectivity index (χ2n) is 4.83. The van der Waals surface area contributed by atoms with Crippen LogP contribution in [0.25, 0.3) is 0 Å². The van der Waals surface area contributed by atoms with Gasteiger partial charge in [-0.25, -0.2) is 0 Å². The van der Waals surface area contributed by atoms with E-state index in [0.717, 1.165) is 24.3 Å². The van der Waals surface area contributed by atoms with Gasteiger partial charge >= 0.3 is 0 Å². The summed E-state index contributed by atoms with van der Waals surface area (Å²) in [5, 5.41) is 3.32. The Morgan fingerprint density at radius 3 is 2.29 bits per heavy atom. The zero-order valence-electron chi connectivity index (χ0n) is 11.2. The molecule has 0 aliphatic rings. The average Bonchev–Trinajstić information content (AvgIpc) is 2.28. The predicted octanol–water partition coefficient (Wildman–Crippen LogP) is 2.50. The van der Waals surface area contributed by atoms with Gasteiger partial charge in [-0.05, 0) is 38.4 Å². The highest BCUT2D eigenvalue weighted by Gasteiger charge is 2.09. The van der Waals surface area contributed by atoms with Crippen LogP contribution in [0, 0.1) is 5.92 Å². The number of benzene rings is 1. The van der Waals surface area contributed by atoms with Crippen LogP contribution in [-0.2, 0) is 0 Å². The lowest BCUT2D eigenvalue weighted by atomic mass is 10.0. The lowest BCUT2D eigenvalue weighted by molar-refractivity contribution is 0.0939. The second-order valence-corrected chi connectivity index (χ2v) is 4.83. The van der Waals surface area contributed by atoms with E-state index in [2.05, 4.69) is 10.2 Å². The predicted molar refractivity (Wildman–Crippen MR) is 72.7 cm³/mol. The first kappa shape index (κ1) is 13.7. The molecule has 0 saturated heterocycles. The van der Waals surface area contributed by atoms with Crippen molar-refractivity contribution in [3.05, 3.63) is 29.8 Å². The fourth-order valence-corrected chi connectivity index (χ4v) is 1.51. The van der Waals surface area contributed by atoms with Gasteiger partial charge in [0.05, 0.1) is 0 Å². The summed E-state index contributed by atoms with van der Waals surface area (Å²) in [6, 6.07) is 7.71. The Hall–Kier alpha value is -1.35. The Morgan fingerprint density at radius 1 is 1.24 bits per heavy atom. The van der Waals surface area contributed by atoms with Crippen LogP contribution in [0.15, 0.2) is 24.3 Å². The molecule has 1 aromatic rings. The van der Waals surface area contributed by atoms with Gasteiger partial charge in [0.1, 0.15) is 0 Å². The lowest BCUT2D eigenvalue weighted by Crippen LogP contribution is -2.20. The van der Waals surface area contributed by atoms with E-state index in [1.165, 1.54) is 0 Å². The number of carbonyl (C=O) groups excluding carboxylic acids is 1.